The molecular weight excluding hydrogens is 1060 g/mol. The Morgan fingerprint density at radius 2 is 1.37 bits per heavy atom. The van der Waals surface area contributed by atoms with E-state index in [-0.39, 0.29) is 81.8 Å². The molecule has 9 rings (SSSR count). The van der Waals surface area contributed by atoms with Crippen molar-refractivity contribution in [2.45, 2.75) is 96.1 Å². The van der Waals surface area contributed by atoms with E-state index in [0.29, 0.717) is 57.3 Å². The van der Waals surface area contributed by atoms with Crippen LogP contribution >= 0.6 is 11.3 Å². The molecule has 1 spiro atoms. The number of halogens is 6. The lowest BCUT2D eigenvalue weighted by Crippen LogP contribution is -2.35. The van der Waals surface area contributed by atoms with E-state index in [9.17, 15) is 59.9 Å². The summed E-state index contributed by atoms with van der Waals surface area (Å²) < 4.78 is 93.8. The smallest absolute Gasteiger partial charge is 0.456 e. The highest BCUT2D eigenvalue weighted by atomic mass is 32.1. The van der Waals surface area contributed by atoms with Gasteiger partial charge in [-0.2, -0.15) is 26.3 Å². The molecule has 79 heavy (non-hydrogen) atoms. The fraction of sp³-hybridized carbons (Fsp3) is 0.351. The van der Waals surface area contributed by atoms with Gasteiger partial charge in [-0.05, 0) is 136 Å². The van der Waals surface area contributed by atoms with E-state index in [2.05, 4.69) is 10.6 Å². The monoisotopic (exact) mass is 1110 g/mol. The van der Waals surface area contributed by atoms with Crippen molar-refractivity contribution in [1.82, 2.24) is 15.2 Å². The van der Waals surface area contributed by atoms with Gasteiger partial charge in [0, 0.05) is 83.4 Å². The summed E-state index contributed by atoms with van der Waals surface area (Å²) >= 11 is 1.53. The van der Waals surface area contributed by atoms with Crippen LogP contribution < -0.4 is 30.9 Å². The lowest BCUT2D eigenvalue weighted by Gasteiger charge is -2.37. The van der Waals surface area contributed by atoms with Crippen LogP contribution in [0.4, 0.5) is 43.4 Å². The Hall–Kier alpha value is -8.01. The number of nitrogens with zero attached hydrogens (tertiary/aromatic N) is 2. The molecule has 0 radical (unpaired) electrons. The van der Waals surface area contributed by atoms with Gasteiger partial charge in [-0.15, -0.1) is 11.3 Å². The van der Waals surface area contributed by atoms with E-state index in [1.54, 1.807) is 15.5 Å². The third-order valence-corrected chi connectivity index (χ3v) is 15.4. The summed E-state index contributed by atoms with van der Waals surface area (Å²) in [4.78, 5) is 93.2. The first-order chi connectivity index (χ1) is 37.6. The number of anilines is 3. The molecule has 22 heteroatoms. The fourth-order valence-corrected chi connectivity index (χ4v) is 11.4. The number of hydrogen-bond acceptors (Lipinski definition) is 10. The molecule has 5 amide bonds. The van der Waals surface area contributed by atoms with Crippen LogP contribution in [0.5, 0.6) is 11.5 Å². The first-order valence-electron chi connectivity index (χ1n) is 25.8. The Kier molecular flexibility index (Phi) is 16.1. The van der Waals surface area contributed by atoms with E-state index >= 15 is 0 Å². The summed E-state index contributed by atoms with van der Waals surface area (Å²) in [6.45, 7) is 5.16. The predicted octanol–water partition coefficient (Wildman–Crippen LogP) is 11.1. The van der Waals surface area contributed by atoms with Crippen molar-refractivity contribution in [3.63, 3.8) is 0 Å². The summed E-state index contributed by atoms with van der Waals surface area (Å²) in [5, 5.41) is 11.3. The van der Waals surface area contributed by atoms with E-state index in [1.165, 1.54) is 41.7 Å². The molecule has 0 unspecified atom stereocenters. The quantitative estimate of drug-likeness (QED) is 0.0280. The number of Topliss-reactive ketones (excluding diaryl/α,β-unsaturated/α-hetero) is 1. The molecule has 0 bridgehead atoms. The average Bonchev–Trinajstić information content (AvgIpc) is 3.38. The maximum atomic E-state index is 13.9. The van der Waals surface area contributed by atoms with Crippen molar-refractivity contribution >= 4 is 79.9 Å². The molecule has 3 aliphatic rings. The zero-order valence-corrected chi connectivity index (χ0v) is 43.6. The zero-order chi connectivity index (χ0) is 56.4. The number of hydrogen-bond donors (Lipinski definition) is 4. The van der Waals surface area contributed by atoms with Crippen molar-refractivity contribution in [1.29, 1.82) is 0 Å². The van der Waals surface area contributed by atoms with E-state index in [0.717, 1.165) is 65.0 Å². The zero-order valence-electron chi connectivity index (χ0n) is 42.8. The summed E-state index contributed by atoms with van der Waals surface area (Å²) in [6, 6.07) is 22.4. The molecule has 1 fully saturated rings. The Morgan fingerprint density at radius 1 is 0.734 bits per heavy atom. The van der Waals surface area contributed by atoms with Crippen LogP contribution in [0.25, 0.3) is 10.2 Å². The van der Waals surface area contributed by atoms with Crippen LogP contribution in [0.2, 0.25) is 0 Å². The number of carbonyl (C=O) groups excluding carboxylic acids is 7. The predicted molar refractivity (Wildman–Crippen MR) is 281 cm³/mol. The third kappa shape index (κ3) is 11.9. The molecule has 1 saturated carbocycles. The summed E-state index contributed by atoms with van der Waals surface area (Å²) in [5.41, 5.74) is 0.771. The van der Waals surface area contributed by atoms with Gasteiger partial charge in [0.25, 0.3) is 5.91 Å². The number of aromatic nitrogens is 1. The second kappa shape index (κ2) is 22.8. The number of rotatable bonds is 18. The number of carbonyl (C=O) groups is 7. The standard InChI is InChI=1S/C57H54F6N6O9S/c1-3-68(38-10-8-9-32(2)25-38)49(71)31-69-43-21-24-79-48(43)30-44(69)45(70)26-33-11-13-34(14-12-33)50(72)64-22-6-4-5-7-23-65-51(73)35-15-18-39-42(27-35)55(78-52(39)74)40-19-16-36(66-53(75)56(58,59)60)28-46(40)77-47-29-37(17-20-41(47)55)67-54(76)57(61,62)63/h8-10,15-21,24-25,27-30,33-34H,3-7,11-14,22-23,26,31H2,1-2H3,(H,64,72)(H,65,73)(H,66,75)(H,67,76). The van der Waals surface area contributed by atoms with Gasteiger partial charge in [-0.1, -0.05) is 25.0 Å². The molecule has 2 aromatic heterocycles. The van der Waals surface area contributed by atoms with Gasteiger partial charge < -0.3 is 40.2 Å². The van der Waals surface area contributed by atoms with Gasteiger partial charge in [-0.25, -0.2) is 4.79 Å². The Morgan fingerprint density at radius 3 is 1.97 bits per heavy atom. The molecule has 0 atom stereocenters. The van der Waals surface area contributed by atoms with Gasteiger partial charge in [0.05, 0.1) is 21.5 Å². The number of benzene rings is 4. The number of alkyl halides is 6. The Bertz CT molecular complexity index is 3300. The highest BCUT2D eigenvalue weighted by Crippen LogP contribution is 2.57. The average molecular weight is 1110 g/mol. The maximum Gasteiger partial charge on any atom is 0.471 e. The number of unbranched alkanes of at least 4 members (excludes halogenated alkanes) is 3. The summed E-state index contributed by atoms with van der Waals surface area (Å²) in [6.07, 6.45) is -4.65. The Labute approximate surface area is 453 Å². The van der Waals surface area contributed by atoms with Crippen molar-refractivity contribution in [3.8, 4) is 11.5 Å². The minimum Gasteiger partial charge on any atom is -0.456 e. The number of ketones is 1. The number of esters is 1. The van der Waals surface area contributed by atoms with Gasteiger partial charge >= 0.3 is 30.1 Å². The van der Waals surface area contributed by atoms with Crippen LogP contribution in [0, 0.1) is 18.8 Å². The minimum atomic E-state index is -5.26. The second-order valence-electron chi connectivity index (χ2n) is 19.8. The maximum absolute atomic E-state index is 13.9. The molecule has 4 N–H and O–H groups in total. The molecular formula is C57H54F6N6O9S. The number of aryl methyl sites for hydroxylation is 1. The largest absolute Gasteiger partial charge is 0.471 e. The van der Waals surface area contributed by atoms with Crippen LogP contribution in [0.15, 0.2) is 96.4 Å². The molecule has 4 aromatic carbocycles. The van der Waals surface area contributed by atoms with Crippen LogP contribution in [-0.2, 0) is 36.1 Å². The first kappa shape index (κ1) is 55.7. The molecule has 15 nitrogen and oxygen atoms in total. The first-order valence-corrected chi connectivity index (χ1v) is 26.7. The number of likely N-dealkylation sites (N-methyl/N-ethyl adjacent to an activating group) is 1. The van der Waals surface area contributed by atoms with Crippen molar-refractivity contribution in [2.75, 3.05) is 35.2 Å². The molecule has 414 valence electrons. The normalized spacial score (nSPS) is 16.2. The second-order valence-corrected chi connectivity index (χ2v) is 20.8. The van der Waals surface area contributed by atoms with Crippen molar-refractivity contribution < 1.29 is 69.4 Å². The van der Waals surface area contributed by atoms with Crippen LogP contribution in [0.3, 0.4) is 0 Å². The lowest BCUT2D eigenvalue weighted by atomic mass is 9.77. The highest BCUT2D eigenvalue weighted by molar-refractivity contribution is 7.17. The topological polar surface area (TPSA) is 194 Å². The highest BCUT2D eigenvalue weighted by Gasteiger charge is 2.54. The SMILES string of the molecule is CCN(C(=O)Cn1c(C(=O)CC2CCC(C(=O)NCCCCCCNC(=O)c3ccc4c(c3)C3(OC4=O)c4ccc(NC(=O)C(F)(F)F)cc4Oc4cc(NC(=O)C(F)(F)F)ccc43)CC2)cc2sccc21)c1cccc(C)c1. The number of nitrogens with one attached hydrogen (secondary N) is 4. The number of amides is 5. The molecule has 6 aromatic rings. The van der Waals surface area contributed by atoms with Gasteiger partial charge in [0.15, 0.2) is 11.4 Å². The van der Waals surface area contributed by atoms with E-state index in [1.807, 2.05) is 60.2 Å². The Balaban J connectivity index is 0.752. The number of ether oxygens (including phenoxy) is 2. The van der Waals surface area contributed by atoms with E-state index < -0.39 is 53.0 Å². The molecule has 1 aliphatic carbocycles. The lowest BCUT2D eigenvalue weighted by molar-refractivity contribution is -0.167. The number of thiophene rings is 1. The summed E-state index contributed by atoms with van der Waals surface area (Å²) in [7, 11) is 0. The van der Waals surface area contributed by atoms with Crippen LogP contribution in [-0.4, -0.2) is 77.8 Å². The fourth-order valence-electron chi connectivity index (χ4n) is 10.6. The third-order valence-electron chi connectivity index (χ3n) is 14.5. The van der Waals surface area contributed by atoms with Crippen molar-refractivity contribution in [2.24, 2.45) is 11.8 Å². The van der Waals surface area contributed by atoms with Gasteiger partial charge in [0.1, 0.15) is 18.0 Å². The van der Waals surface area contributed by atoms with Gasteiger partial charge in [-0.3, -0.25) is 28.8 Å². The molecule has 2 aliphatic heterocycles. The molecule has 0 saturated heterocycles. The summed E-state index contributed by atoms with van der Waals surface area (Å²) in [5.74, 6) is -6.71. The molecule has 4 heterocycles. The van der Waals surface area contributed by atoms with Crippen molar-refractivity contribution in [3.05, 3.63) is 135 Å². The number of fused-ring (bicyclic) bond motifs is 7. The van der Waals surface area contributed by atoms with E-state index in [4.69, 9.17) is 9.47 Å². The van der Waals surface area contributed by atoms with Gasteiger partial charge in [0.2, 0.25) is 11.8 Å². The van der Waals surface area contributed by atoms with Crippen LogP contribution in [0.1, 0.15) is 118 Å². The minimum absolute atomic E-state index is 0.00200.